The van der Waals surface area contributed by atoms with Crippen molar-refractivity contribution in [3.8, 4) is 6.19 Å². The summed E-state index contributed by atoms with van der Waals surface area (Å²) in [4.78, 5) is 24.6. The van der Waals surface area contributed by atoms with E-state index >= 15 is 0 Å². The van der Waals surface area contributed by atoms with Crippen molar-refractivity contribution in [1.82, 2.24) is 14.8 Å². The molecule has 0 spiro atoms. The third-order valence-corrected chi connectivity index (χ3v) is 4.31. The minimum absolute atomic E-state index is 0.263. The highest BCUT2D eigenvalue weighted by Gasteiger charge is 2.33. The molecule has 3 rings (SSSR count). The number of piperazine rings is 1. The lowest BCUT2D eigenvalue weighted by atomic mass is 10.1. The van der Waals surface area contributed by atoms with Gasteiger partial charge in [-0.05, 0) is 6.92 Å². The molecule has 0 N–H and O–H groups in total. The molecular formula is C14H15N5O2S. The molecule has 0 unspecified atom stereocenters. The molecule has 2 aliphatic rings. The van der Waals surface area contributed by atoms with Gasteiger partial charge < -0.3 is 14.5 Å². The van der Waals surface area contributed by atoms with Crippen molar-refractivity contribution in [2.75, 3.05) is 32.8 Å². The Labute approximate surface area is 132 Å². The number of nitriles is 1. The largest absolute Gasteiger partial charge is 0.463 e. The average molecular weight is 317 g/mol. The van der Waals surface area contributed by atoms with Gasteiger partial charge in [-0.1, -0.05) is 0 Å². The van der Waals surface area contributed by atoms with Crippen molar-refractivity contribution in [2.24, 2.45) is 4.99 Å². The molecule has 1 fully saturated rings. The molecule has 22 heavy (non-hydrogen) atoms. The fraction of sp³-hybridized carbons (Fsp3) is 0.429. The number of esters is 1. The Balaban J connectivity index is 1.96. The first kappa shape index (κ1) is 14.5. The normalized spacial score (nSPS) is 17.7. The molecular weight excluding hydrogens is 302 g/mol. The van der Waals surface area contributed by atoms with E-state index in [1.807, 2.05) is 10.3 Å². The summed E-state index contributed by atoms with van der Waals surface area (Å²) < 4.78 is 5.12. The van der Waals surface area contributed by atoms with Gasteiger partial charge in [-0.25, -0.2) is 9.78 Å². The van der Waals surface area contributed by atoms with Crippen LogP contribution in [0.25, 0.3) is 0 Å². The number of amidine groups is 1. The molecule has 8 heteroatoms. The number of carbonyl (C=O) groups is 1. The molecule has 2 aliphatic heterocycles. The van der Waals surface area contributed by atoms with Crippen LogP contribution >= 0.6 is 11.3 Å². The topological polar surface area (TPSA) is 81.8 Å². The fourth-order valence-electron chi connectivity index (χ4n) is 2.53. The van der Waals surface area contributed by atoms with Gasteiger partial charge in [-0.15, -0.1) is 11.3 Å². The molecule has 0 bridgehead atoms. The number of nitrogens with zero attached hydrogens (tertiary/aromatic N) is 5. The summed E-state index contributed by atoms with van der Waals surface area (Å²) in [5.74, 6) is 0.417. The van der Waals surface area contributed by atoms with Crippen LogP contribution in [0, 0.1) is 11.5 Å². The monoisotopic (exact) mass is 317 g/mol. The zero-order valence-electron chi connectivity index (χ0n) is 12.2. The molecule has 7 nitrogen and oxygen atoms in total. The van der Waals surface area contributed by atoms with E-state index in [1.165, 1.54) is 11.3 Å². The molecule has 1 aromatic heterocycles. The first-order chi connectivity index (χ1) is 10.7. The van der Waals surface area contributed by atoms with Crippen LogP contribution in [-0.4, -0.2) is 59.4 Å². The Hall–Kier alpha value is -2.40. The summed E-state index contributed by atoms with van der Waals surface area (Å²) in [6, 6.07) is 0. The van der Waals surface area contributed by atoms with Crippen LogP contribution in [0.3, 0.4) is 0 Å². The second kappa shape index (κ2) is 6.15. The van der Waals surface area contributed by atoms with Crippen molar-refractivity contribution in [2.45, 2.75) is 6.92 Å². The van der Waals surface area contributed by atoms with Gasteiger partial charge in [-0.2, -0.15) is 5.26 Å². The first-order valence-corrected chi connectivity index (χ1v) is 7.88. The molecule has 0 atom stereocenters. The van der Waals surface area contributed by atoms with Crippen LogP contribution in [0.1, 0.15) is 11.9 Å². The van der Waals surface area contributed by atoms with Crippen LogP contribution < -0.4 is 0 Å². The third kappa shape index (κ3) is 2.55. The van der Waals surface area contributed by atoms with Crippen LogP contribution in [0.5, 0.6) is 0 Å². The van der Waals surface area contributed by atoms with Crippen molar-refractivity contribution < 1.29 is 9.53 Å². The highest BCUT2D eigenvalue weighted by atomic mass is 32.1. The number of rotatable bonds is 3. The summed E-state index contributed by atoms with van der Waals surface area (Å²) in [5, 5.41) is 11.9. The lowest BCUT2D eigenvalue weighted by molar-refractivity contribution is -0.138. The van der Waals surface area contributed by atoms with Gasteiger partial charge in [0.2, 0.25) is 0 Å². The second-order valence-corrected chi connectivity index (χ2v) is 5.69. The summed E-state index contributed by atoms with van der Waals surface area (Å²) in [6.07, 6.45) is 3.88. The van der Waals surface area contributed by atoms with E-state index in [9.17, 15) is 4.79 Å². The maximum atomic E-state index is 12.2. The molecule has 0 aromatic carbocycles. The fourth-order valence-corrected chi connectivity index (χ4v) is 3.18. The minimum Gasteiger partial charge on any atom is -0.463 e. The van der Waals surface area contributed by atoms with Crippen molar-refractivity contribution in [1.29, 1.82) is 5.26 Å². The Kier molecular flexibility index (Phi) is 4.06. The SMILES string of the molecule is CCOC(=O)C1=C2CN(C#N)CCN2C(c2nccs2)=NC1. The van der Waals surface area contributed by atoms with Gasteiger partial charge in [0.05, 0.1) is 31.0 Å². The van der Waals surface area contributed by atoms with E-state index in [2.05, 4.69) is 16.2 Å². The number of fused-ring (bicyclic) bond motifs is 1. The van der Waals surface area contributed by atoms with Gasteiger partial charge in [0.25, 0.3) is 0 Å². The highest BCUT2D eigenvalue weighted by Crippen LogP contribution is 2.26. The van der Waals surface area contributed by atoms with E-state index in [1.54, 1.807) is 18.0 Å². The number of carbonyl (C=O) groups excluding carboxylic acids is 1. The van der Waals surface area contributed by atoms with E-state index in [0.29, 0.717) is 31.8 Å². The van der Waals surface area contributed by atoms with Crippen LogP contribution in [0.4, 0.5) is 0 Å². The number of hydrogen-bond donors (Lipinski definition) is 0. The maximum Gasteiger partial charge on any atom is 0.337 e. The standard InChI is InChI=1S/C14H15N5O2S/c1-2-21-14(20)10-7-17-12(13-16-3-6-22-13)19-5-4-18(9-15)8-11(10)19/h3,6H,2,4-5,7-8H2,1H3. The Morgan fingerprint density at radius 3 is 3.09 bits per heavy atom. The molecule has 1 aromatic rings. The quantitative estimate of drug-likeness (QED) is 0.606. The first-order valence-electron chi connectivity index (χ1n) is 7.00. The van der Waals surface area contributed by atoms with E-state index in [4.69, 9.17) is 10.00 Å². The lowest BCUT2D eigenvalue weighted by Crippen LogP contribution is -2.48. The zero-order valence-corrected chi connectivity index (χ0v) is 13.0. The smallest absolute Gasteiger partial charge is 0.337 e. The molecule has 1 saturated heterocycles. The molecule has 0 aliphatic carbocycles. The van der Waals surface area contributed by atoms with Gasteiger partial charge in [-0.3, -0.25) is 4.99 Å². The lowest BCUT2D eigenvalue weighted by Gasteiger charge is -2.38. The van der Waals surface area contributed by atoms with Crippen LogP contribution in [-0.2, 0) is 9.53 Å². The van der Waals surface area contributed by atoms with Crippen molar-refractivity contribution >= 4 is 23.1 Å². The number of thiazole rings is 1. The predicted octanol–water partition coefficient (Wildman–Crippen LogP) is 0.819. The number of aromatic nitrogens is 1. The Morgan fingerprint density at radius 1 is 1.55 bits per heavy atom. The van der Waals surface area contributed by atoms with Crippen molar-refractivity contribution in [3.05, 3.63) is 27.9 Å². The second-order valence-electron chi connectivity index (χ2n) is 4.80. The average Bonchev–Trinajstić information content (AvgIpc) is 3.07. The van der Waals surface area contributed by atoms with Gasteiger partial charge in [0.1, 0.15) is 0 Å². The molecule has 0 radical (unpaired) electrons. The Bertz CT molecular complexity index is 674. The summed E-state index contributed by atoms with van der Waals surface area (Å²) in [6.45, 7) is 3.95. The van der Waals surface area contributed by atoms with Crippen molar-refractivity contribution in [3.63, 3.8) is 0 Å². The number of ether oxygens (including phenoxy) is 1. The highest BCUT2D eigenvalue weighted by molar-refractivity contribution is 7.11. The molecule has 0 amide bonds. The van der Waals surface area contributed by atoms with Crippen LogP contribution in [0.2, 0.25) is 0 Å². The number of aliphatic imine (C=N–C) groups is 1. The summed E-state index contributed by atoms with van der Waals surface area (Å²) in [7, 11) is 0. The third-order valence-electron chi connectivity index (χ3n) is 3.54. The minimum atomic E-state index is -0.357. The van der Waals surface area contributed by atoms with Crippen LogP contribution in [0.15, 0.2) is 27.8 Å². The van der Waals surface area contributed by atoms with E-state index < -0.39 is 0 Å². The summed E-state index contributed by atoms with van der Waals surface area (Å²) in [5.41, 5.74) is 1.33. The van der Waals surface area contributed by atoms with Gasteiger partial charge >= 0.3 is 5.97 Å². The number of hydrogen-bond acceptors (Lipinski definition) is 8. The molecule has 0 saturated carbocycles. The molecule has 3 heterocycles. The predicted molar refractivity (Wildman–Crippen MR) is 81.1 cm³/mol. The Morgan fingerprint density at radius 2 is 2.41 bits per heavy atom. The summed E-state index contributed by atoms with van der Waals surface area (Å²) >= 11 is 1.51. The zero-order chi connectivity index (χ0) is 15.5. The van der Waals surface area contributed by atoms with Gasteiger partial charge in [0, 0.05) is 24.7 Å². The molecule has 114 valence electrons. The maximum absolute atomic E-state index is 12.2. The van der Waals surface area contributed by atoms with Gasteiger partial charge in [0.15, 0.2) is 17.0 Å². The van der Waals surface area contributed by atoms with E-state index in [0.717, 1.165) is 16.5 Å². The van der Waals surface area contributed by atoms with E-state index in [-0.39, 0.29) is 12.5 Å².